The van der Waals surface area contributed by atoms with Crippen molar-refractivity contribution in [1.29, 1.82) is 0 Å². The molecule has 0 atom stereocenters. The molecule has 0 radical (unpaired) electrons. The van der Waals surface area contributed by atoms with E-state index in [1.807, 2.05) is 0 Å². The molecule has 128 valence electrons. The minimum Gasteiger partial charge on any atom is -0.388 e. The van der Waals surface area contributed by atoms with Crippen molar-refractivity contribution in [3.8, 4) is 5.88 Å². The first-order valence-corrected chi connectivity index (χ1v) is 8.27. The van der Waals surface area contributed by atoms with Crippen LogP contribution in [0.25, 0.3) is 0 Å². The van der Waals surface area contributed by atoms with Gasteiger partial charge in [-0.25, -0.2) is 9.97 Å². The minimum absolute atomic E-state index is 0.160. The van der Waals surface area contributed by atoms with E-state index < -0.39 is 12.2 Å². The number of pyridine rings is 1. The second-order valence-electron chi connectivity index (χ2n) is 5.40. The molecule has 0 aromatic carbocycles. The Morgan fingerprint density at radius 2 is 2.17 bits per heavy atom. The molecule has 2 aromatic heterocycles. The summed E-state index contributed by atoms with van der Waals surface area (Å²) in [5, 5.41) is 0.391. The smallest absolute Gasteiger partial charge is 0.388 e. The van der Waals surface area contributed by atoms with Gasteiger partial charge in [0, 0.05) is 23.1 Å². The summed E-state index contributed by atoms with van der Waals surface area (Å²) < 4.78 is 41.5. The number of ether oxygens (including phenoxy) is 1. The largest absolute Gasteiger partial charge is 0.574 e. The van der Waals surface area contributed by atoms with Crippen molar-refractivity contribution in [2.24, 2.45) is 0 Å². The minimum atomic E-state index is -4.81. The number of alkyl halides is 3. The SMILES string of the molecule is Cc1ccnc(OC(F)(F)F)c1CSc1nc2c(c(=O)[nH]1)CCC2. The maximum Gasteiger partial charge on any atom is 0.574 e. The molecule has 0 aliphatic heterocycles. The molecule has 24 heavy (non-hydrogen) atoms. The van der Waals surface area contributed by atoms with Crippen LogP contribution in [0.1, 0.15) is 28.8 Å². The highest BCUT2D eigenvalue weighted by Crippen LogP contribution is 2.31. The van der Waals surface area contributed by atoms with E-state index in [1.54, 1.807) is 13.0 Å². The van der Waals surface area contributed by atoms with Crippen molar-refractivity contribution in [3.05, 3.63) is 45.0 Å². The van der Waals surface area contributed by atoms with E-state index >= 15 is 0 Å². The molecule has 5 nitrogen and oxygen atoms in total. The molecule has 0 spiro atoms. The van der Waals surface area contributed by atoms with Crippen molar-refractivity contribution in [2.45, 2.75) is 43.5 Å². The number of nitrogens with one attached hydrogen (secondary N) is 1. The van der Waals surface area contributed by atoms with Gasteiger partial charge in [0.2, 0.25) is 5.88 Å². The van der Waals surface area contributed by atoms with Crippen LogP contribution in [0, 0.1) is 6.92 Å². The van der Waals surface area contributed by atoms with Crippen molar-refractivity contribution < 1.29 is 17.9 Å². The van der Waals surface area contributed by atoms with E-state index in [1.165, 1.54) is 6.20 Å². The highest BCUT2D eigenvalue weighted by Gasteiger charge is 2.33. The van der Waals surface area contributed by atoms with Crippen LogP contribution in [0.2, 0.25) is 0 Å². The fourth-order valence-corrected chi connectivity index (χ4v) is 3.54. The molecule has 3 rings (SSSR count). The molecule has 1 aliphatic carbocycles. The van der Waals surface area contributed by atoms with Crippen LogP contribution in [-0.2, 0) is 18.6 Å². The van der Waals surface area contributed by atoms with E-state index in [0.717, 1.165) is 30.3 Å². The molecular formula is C15H14F3N3O2S. The van der Waals surface area contributed by atoms with Gasteiger partial charge in [0.1, 0.15) is 0 Å². The number of hydrogen-bond donors (Lipinski definition) is 1. The average Bonchev–Trinajstić information content (AvgIpc) is 2.94. The zero-order chi connectivity index (χ0) is 17.3. The maximum atomic E-state index is 12.5. The molecule has 9 heteroatoms. The summed E-state index contributed by atoms with van der Waals surface area (Å²) >= 11 is 1.15. The molecule has 2 aromatic rings. The molecule has 2 heterocycles. The molecular weight excluding hydrogens is 343 g/mol. The Labute approximate surface area is 139 Å². The highest BCUT2D eigenvalue weighted by atomic mass is 32.2. The van der Waals surface area contributed by atoms with Crippen molar-refractivity contribution in [3.63, 3.8) is 0 Å². The second-order valence-corrected chi connectivity index (χ2v) is 6.36. The summed E-state index contributed by atoms with van der Waals surface area (Å²) in [5.74, 6) is -0.314. The zero-order valence-electron chi connectivity index (χ0n) is 12.7. The van der Waals surface area contributed by atoms with Gasteiger partial charge in [-0.15, -0.1) is 13.2 Å². The molecule has 0 unspecified atom stereocenters. The lowest BCUT2D eigenvalue weighted by molar-refractivity contribution is -0.276. The molecule has 0 bridgehead atoms. The van der Waals surface area contributed by atoms with Gasteiger partial charge in [-0.1, -0.05) is 11.8 Å². The van der Waals surface area contributed by atoms with Crippen LogP contribution in [0.15, 0.2) is 22.2 Å². The van der Waals surface area contributed by atoms with Gasteiger partial charge in [0.25, 0.3) is 5.56 Å². The lowest BCUT2D eigenvalue weighted by Crippen LogP contribution is -2.19. The van der Waals surface area contributed by atoms with Gasteiger partial charge in [-0.05, 0) is 37.8 Å². The Kier molecular flexibility index (Phi) is 4.53. The Hall–Kier alpha value is -2.03. The number of H-pyrrole nitrogens is 1. The Bertz CT molecular complexity index is 821. The van der Waals surface area contributed by atoms with E-state index in [0.29, 0.717) is 28.3 Å². The number of aromatic amines is 1. The van der Waals surface area contributed by atoms with Gasteiger partial charge in [0.05, 0.1) is 5.69 Å². The van der Waals surface area contributed by atoms with Crippen LogP contribution >= 0.6 is 11.8 Å². The summed E-state index contributed by atoms with van der Waals surface area (Å²) in [6, 6.07) is 1.61. The van der Waals surface area contributed by atoms with Gasteiger partial charge in [-0.2, -0.15) is 0 Å². The van der Waals surface area contributed by atoms with Crippen molar-refractivity contribution in [2.75, 3.05) is 0 Å². The zero-order valence-corrected chi connectivity index (χ0v) is 13.6. The monoisotopic (exact) mass is 357 g/mol. The highest BCUT2D eigenvalue weighted by molar-refractivity contribution is 7.98. The third-order valence-corrected chi connectivity index (χ3v) is 4.64. The number of fused-ring (bicyclic) bond motifs is 1. The standard InChI is InChI=1S/C15H14F3N3O2S/c1-8-5-6-19-13(23-15(16,17)18)10(8)7-24-14-20-11-4-2-3-9(11)12(22)21-14/h5-6H,2-4,7H2,1H3,(H,20,21,22). The third kappa shape index (κ3) is 3.72. The summed E-state index contributed by atoms with van der Waals surface area (Å²) in [5.41, 5.74) is 2.26. The third-order valence-electron chi connectivity index (χ3n) is 3.74. The number of aryl methyl sites for hydroxylation is 2. The summed E-state index contributed by atoms with van der Waals surface area (Å²) in [6.07, 6.45) is -1.18. The summed E-state index contributed by atoms with van der Waals surface area (Å²) in [6.45, 7) is 1.68. The van der Waals surface area contributed by atoms with Crippen LogP contribution in [-0.4, -0.2) is 21.3 Å². The number of nitrogens with zero attached hydrogens (tertiary/aromatic N) is 2. The first kappa shape index (κ1) is 16.8. The topological polar surface area (TPSA) is 67.9 Å². The second kappa shape index (κ2) is 6.46. The van der Waals surface area contributed by atoms with Crippen molar-refractivity contribution >= 4 is 11.8 Å². The average molecular weight is 357 g/mol. The summed E-state index contributed by atoms with van der Waals surface area (Å²) in [7, 11) is 0. The normalized spacial score (nSPS) is 13.8. The van der Waals surface area contributed by atoms with E-state index in [9.17, 15) is 18.0 Å². The van der Waals surface area contributed by atoms with Gasteiger partial charge >= 0.3 is 6.36 Å². The maximum absolute atomic E-state index is 12.5. The van der Waals surface area contributed by atoms with E-state index in [4.69, 9.17) is 0 Å². The fourth-order valence-electron chi connectivity index (χ4n) is 2.56. The Morgan fingerprint density at radius 1 is 1.38 bits per heavy atom. The van der Waals surface area contributed by atoms with Crippen LogP contribution in [0.4, 0.5) is 13.2 Å². The lowest BCUT2D eigenvalue weighted by atomic mass is 10.2. The van der Waals surface area contributed by atoms with Crippen LogP contribution < -0.4 is 10.3 Å². The molecule has 0 saturated heterocycles. The Balaban J connectivity index is 1.82. The number of rotatable bonds is 4. The number of aromatic nitrogens is 3. The fraction of sp³-hybridized carbons (Fsp3) is 0.400. The molecule has 1 aliphatic rings. The first-order chi connectivity index (χ1) is 11.3. The van der Waals surface area contributed by atoms with Crippen LogP contribution in [0.3, 0.4) is 0 Å². The molecule has 1 N–H and O–H groups in total. The number of thioether (sulfide) groups is 1. The molecule has 0 amide bonds. The number of halogens is 3. The van der Waals surface area contributed by atoms with E-state index in [2.05, 4.69) is 19.7 Å². The molecule has 0 fully saturated rings. The predicted molar refractivity (Wildman–Crippen MR) is 82.1 cm³/mol. The quantitative estimate of drug-likeness (QED) is 0.672. The first-order valence-electron chi connectivity index (χ1n) is 7.28. The summed E-state index contributed by atoms with van der Waals surface area (Å²) in [4.78, 5) is 22.7. The Morgan fingerprint density at radius 3 is 2.92 bits per heavy atom. The van der Waals surface area contributed by atoms with Gasteiger partial charge in [-0.3, -0.25) is 4.79 Å². The molecule has 0 saturated carbocycles. The predicted octanol–water partition coefficient (Wildman–Crippen LogP) is 3.15. The number of hydrogen-bond acceptors (Lipinski definition) is 5. The lowest BCUT2D eigenvalue weighted by Gasteiger charge is -2.13. The van der Waals surface area contributed by atoms with Crippen molar-refractivity contribution in [1.82, 2.24) is 15.0 Å². The van der Waals surface area contributed by atoms with Gasteiger partial charge < -0.3 is 9.72 Å². The van der Waals surface area contributed by atoms with E-state index in [-0.39, 0.29) is 11.3 Å². The van der Waals surface area contributed by atoms with Gasteiger partial charge in [0.15, 0.2) is 5.16 Å². The van der Waals surface area contributed by atoms with Crippen LogP contribution in [0.5, 0.6) is 5.88 Å².